The third-order valence-electron chi connectivity index (χ3n) is 3.48. The standard InChI is InChI=1S/C14H14ClNO3S/c1-16-7-9-12-8(6-11(16)15)4-3-5-10(12)20-13(9)19-14(17)18-2/h3-5,11H,6-7H2,1-2H3. The molecule has 1 atom stereocenters. The van der Waals surface area contributed by atoms with E-state index in [2.05, 4.69) is 10.8 Å². The molecule has 3 rings (SSSR count). The van der Waals surface area contributed by atoms with Crippen molar-refractivity contribution in [3.63, 3.8) is 0 Å². The number of nitrogens with zero attached hydrogens (tertiary/aromatic N) is 1. The summed E-state index contributed by atoms with van der Waals surface area (Å²) in [7, 11) is 3.27. The molecule has 1 aliphatic heterocycles. The summed E-state index contributed by atoms with van der Waals surface area (Å²) in [5, 5.41) is 1.75. The zero-order chi connectivity index (χ0) is 14.3. The quantitative estimate of drug-likeness (QED) is 0.458. The number of rotatable bonds is 1. The third-order valence-corrected chi connectivity index (χ3v) is 5.04. The van der Waals surface area contributed by atoms with Crippen LogP contribution in [-0.2, 0) is 17.7 Å². The van der Waals surface area contributed by atoms with Crippen LogP contribution in [-0.4, -0.2) is 30.7 Å². The first-order valence-corrected chi connectivity index (χ1v) is 7.49. The van der Waals surface area contributed by atoms with Crippen molar-refractivity contribution in [3.8, 4) is 5.06 Å². The van der Waals surface area contributed by atoms with E-state index in [1.165, 1.54) is 24.0 Å². The summed E-state index contributed by atoms with van der Waals surface area (Å²) in [5.41, 5.74) is 2.14. The fraction of sp³-hybridized carbons (Fsp3) is 0.357. The van der Waals surface area contributed by atoms with Crippen molar-refractivity contribution in [2.45, 2.75) is 18.5 Å². The molecule has 0 saturated carbocycles. The van der Waals surface area contributed by atoms with Gasteiger partial charge in [0, 0.05) is 28.6 Å². The van der Waals surface area contributed by atoms with Crippen LogP contribution in [0.3, 0.4) is 0 Å². The molecule has 0 N–H and O–H groups in total. The Morgan fingerprint density at radius 1 is 1.50 bits per heavy atom. The van der Waals surface area contributed by atoms with Gasteiger partial charge >= 0.3 is 6.16 Å². The average molecular weight is 312 g/mol. The maximum Gasteiger partial charge on any atom is 0.514 e. The highest BCUT2D eigenvalue weighted by Gasteiger charge is 2.26. The van der Waals surface area contributed by atoms with Crippen LogP contribution in [0.25, 0.3) is 10.1 Å². The van der Waals surface area contributed by atoms with Gasteiger partial charge in [-0.15, -0.1) is 11.6 Å². The van der Waals surface area contributed by atoms with E-state index >= 15 is 0 Å². The minimum absolute atomic E-state index is 0.0658. The smallest absolute Gasteiger partial charge is 0.437 e. The van der Waals surface area contributed by atoms with Crippen LogP contribution in [0.4, 0.5) is 4.79 Å². The van der Waals surface area contributed by atoms with Crippen LogP contribution in [0.1, 0.15) is 11.1 Å². The number of methoxy groups -OCH3 is 1. The highest BCUT2D eigenvalue weighted by atomic mass is 35.5. The maximum atomic E-state index is 11.4. The first kappa shape index (κ1) is 13.7. The highest BCUT2D eigenvalue weighted by molar-refractivity contribution is 7.21. The molecule has 2 aromatic rings. The van der Waals surface area contributed by atoms with Crippen molar-refractivity contribution in [1.29, 1.82) is 0 Å². The van der Waals surface area contributed by atoms with Crippen LogP contribution in [0.2, 0.25) is 0 Å². The molecule has 4 nitrogen and oxygen atoms in total. The van der Waals surface area contributed by atoms with Crippen molar-refractivity contribution < 1.29 is 14.3 Å². The predicted octanol–water partition coefficient (Wildman–Crippen LogP) is 3.60. The third kappa shape index (κ3) is 2.26. The molecule has 0 amide bonds. The Balaban J connectivity index is 2.15. The second-order valence-electron chi connectivity index (χ2n) is 4.77. The van der Waals surface area contributed by atoms with E-state index in [0.29, 0.717) is 11.6 Å². The summed E-state index contributed by atoms with van der Waals surface area (Å²) in [6.07, 6.45) is 0.0836. The number of ether oxygens (including phenoxy) is 2. The number of hydrogen-bond donors (Lipinski definition) is 0. The largest absolute Gasteiger partial charge is 0.514 e. The second kappa shape index (κ2) is 5.24. The summed E-state index contributed by atoms with van der Waals surface area (Å²) in [5.74, 6) is 0. The molecule has 1 aromatic heterocycles. The van der Waals surface area contributed by atoms with Gasteiger partial charge in [0.15, 0.2) is 5.06 Å². The molecule has 106 valence electrons. The molecule has 6 heteroatoms. The number of likely N-dealkylation sites (N-methyl/N-ethyl adjacent to an activating group) is 1. The minimum atomic E-state index is -0.691. The number of thiophene rings is 1. The van der Waals surface area contributed by atoms with Gasteiger partial charge in [-0.2, -0.15) is 0 Å². The van der Waals surface area contributed by atoms with Crippen LogP contribution < -0.4 is 4.74 Å². The van der Waals surface area contributed by atoms with Gasteiger partial charge in [-0.05, 0) is 18.7 Å². The fourth-order valence-corrected chi connectivity index (χ4v) is 3.80. The molecule has 1 unspecified atom stereocenters. The van der Waals surface area contributed by atoms with Crippen LogP contribution in [0.15, 0.2) is 18.2 Å². The normalized spacial score (nSPS) is 18.9. The number of carbonyl (C=O) groups excluding carboxylic acids is 1. The van der Waals surface area contributed by atoms with Crippen molar-refractivity contribution in [2.24, 2.45) is 0 Å². The first-order chi connectivity index (χ1) is 9.60. The lowest BCUT2D eigenvalue weighted by molar-refractivity contribution is 0.122. The number of alkyl halides is 1. The van der Waals surface area contributed by atoms with Gasteiger partial charge in [0.1, 0.15) is 0 Å². The highest BCUT2D eigenvalue weighted by Crippen LogP contribution is 2.42. The number of benzene rings is 1. The zero-order valence-electron chi connectivity index (χ0n) is 11.2. The topological polar surface area (TPSA) is 38.8 Å². The molecule has 0 saturated heterocycles. The molecule has 1 aliphatic rings. The monoisotopic (exact) mass is 311 g/mol. The van der Waals surface area contributed by atoms with E-state index in [4.69, 9.17) is 16.3 Å². The van der Waals surface area contributed by atoms with Gasteiger partial charge in [0.05, 0.1) is 12.6 Å². The van der Waals surface area contributed by atoms with Crippen molar-refractivity contribution >= 4 is 39.2 Å². The Morgan fingerprint density at radius 2 is 2.30 bits per heavy atom. The predicted molar refractivity (Wildman–Crippen MR) is 79.7 cm³/mol. The number of halogens is 1. The molecule has 2 heterocycles. The van der Waals surface area contributed by atoms with Crippen molar-refractivity contribution in [2.75, 3.05) is 14.2 Å². The van der Waals surface area contributed by atoms with Gasteiger partial charge in [0.25, 0.3) is 0 Å². The summed E-state index contributed by atoms with van der Waals surface area (Å²) in [6.45, 7) is 0.650. The fourth-order valence-electron chi connectivity index (χ4n) is 2.47. The molecule has 0 fully saturated rings. The number of hydrogen-bond acceptors (Lipinski definition) is 5. The lowest BCUT2D eigenvalue weighted by Gasteiger charge is -2.20. The molecule has 0 bridgehead atoms. The van der Waals surface area contributed by atoms with Gasteiger partial charge in [-0.3, -0.25) is 4.90 Å². The molecule has 0 aliphatic carbocycles. The molecule has 1 aromatic carbocycles. The lowest BCUT2D eigenvalue weighted by atomic mass is 10.1. The Morgan fingerprint density at radius 3 is 3.05 bits per heavy atom. The van der Waals surface area contributed by atoms with Gasteiger partial charge in [-0.25, -0.2) is 4.79 Å². The molecule has 0 radical (unpaired) electrons. The van der Waals surface area contributed by atoms with Crippen molar-refractivity contribution in [3.05, 3.63) is 29.3 Å². The van der Waals surface area contributed by atoms with Gasteiger partial charge in [-0.1, -0.05) is 23.5 Å². The molecular weight excluding hydrogens is 298 g/mol. The Bertz CT molecular complexity index is 670. The summed E-state index contributed by atoms with van der Waals surface area (Å²) in [4.78, 5) is 13.4. The Kier molecular flexibility index (Phi) is 3.58. The maximum absolute atomic E-state index is 11.4. The molecular formula is C14H14ClNO3S. The summed E-state index contributed by atoms with van der Waals surface area (Å²) >= 11 is 7.85. The van der Waals surface area contributed by atoms with E-state index in [1.54, 1.807) is 0 Å². The Labute approximate surface area is 125 Å². The SMILES string of the molecule is COC(=O)Oc1sc2cccc3c2c1CN(C)C(Cl)C3. The molecule has 20 heavy (non-hydrogen) atoms. The van der Waals surface area contributed by atoms with Gasteiger partial charge < -0.3 is 9.47 Å². The van der Waals surface area contributed by atoms with E-state index in [1.807, 2.05) is 24.1 Å². The minimum Gasteiger partial charge on any atom is -0.437 e. The Hall–Kier alpha value is -1.30. The summed E-state index contributed by atoms with van der Waals surface area (Å²) < 4.78 is 11.0. The summed E-state index contributed by atoms with van der Waals surface area (Å²) in [6, 6.07) is 6.12. The van der Waals surface area contributed by atoms with Gasteiger partial charge in [0.2, 0.25) is 0 Å². The number of carbonyl (C=O) groups is 1. The van der Waals surface area contributed by atoms with Crippen LogP contribution in [0.5, 0.6) is 5.06 Å². The van der Waals surface area contributed by atoms with E-state index in [0.717, 1.165) is 22.1 Å². The molecule has 0 spiro atoms. The zero-order valence-corrected chi connectivity index (χ0v) is 12.8. The van der Waals surface area contributed by atoms with Crippen LogP contribution in [0, 0.1) is 0 Å². The second-order valence-corrected chi connectivity index (χ2v) is 6.29. The van der Waals surface area contributed by atoms with Crippen molar-refractivity contribution in [1.82, 2.24) is 4.90 Å². The lowest BCUT2D eigenvalue weighted by Crippen LogP contribution is -2.26. The van der Waals surface area contributed by atoms with E-state index in [-0.39, 0.29) is 5.50 Å². The average Bonchev–Trinajstić information content (AvgIpc) is 2.70. The first-order valence-electron chi connectivity index (χ1n) is 6.23. The van der Waals surface area contributed by atoms with Crippen LogP contribution >= 0.6 is 22.9 Å². The van der Waals surface area contributed by atoms with E-state index < -0.39 is 6.16 Å². The van der Waals surface area contributed by atoms with E-state index in [9.17, 15) is 4.79 Å².